The van der Waals surface area contributed by atoms with Crippen LogP contribution < -0.4 is 0 Å². The molecule has 0 aromatic heterocycles. The maximum absolute atomic E-state index is 12.5. The van der Waals surface area contributed by atoms with Crippen LogP contribution in [0.15, 0.2) is 0 Å². The average molecular weight is 284 g/mol. The lowest BCUT2D eigenvalue weighted by Gasteiger charge is -2.39. The standard InChI is InChI=1S/C15H28N2O3/c1-5-17(10-12(3)14(18)19)15(20)16(4)13-9-7-6-8-11(13)2/h11-13H,5-10H2,1-4H3,(H,18,19). The van der Waals surface area contributed by atoms with Crippen molar-refractivity contribution in [1.29, 1.82) is 0 Å². The molecule has 1 rings (SSSR count). The molecule has 0 aliphatic heterocycles. The Hall–Kier alpha value is -1.26. The van der Waals surface area contributed by atoms with E-state index in [-0.39, 0.29) is 18.6 Å². The average Bonchev–Trinajstić information content (AvgIpc) is 2.43. The summed E-state index contributed by atoms with van der Waals surface area (Å²) >= 11 is 0. The van der Waals surface area contributed by atoms with Crippen LogP contribution in [-0.4, -0.2) is 53.1 Å². The van der Waals surface area contributed by atoms with E-state index in [0.717, 1.165) is 6.42 Å². The van der Waals surface area contributed by atoms with Gasteiger partial charge in [0.2, 0.25) is 0 Å². The summed E-state index contributed by atoms with van der Waals surface area (Å²) in [6.07, 6.45) is 4.63. The molecular formula is C15H28N2O3. The van der Waals surface area contributed by atoms with E-state index in [4.69, 9.17) is 5.11 Å². The minimum atomic E-state index is -0.857. The minimum Gasteiger partial charge on any atom is -0.481 e. The quantitative estimate of drug-likeness (QED) is 0.844. The Kier molecular flexibility index (Phi) is 6.30. The lowest BCUT2D eigenvalue weighted by Crippen LogP contribution is -2.50. The molecule has 0 heterocycles. The van der Waals surface area contributed by atoms with Gasteiger partial charge in [-0.3, -0.25) is 4.79 Å². The third kappa shape index (κ3) is 4.12. The zero-order chi connectivity index (χ0) is 15.3. The van der Waals surface area contributed by atoms with Crippen LogP contribution in [0.1, 0.15) is 46.5 Å². The highest BCUT2D eigenvalue weighted by Crippen LogP contribution is 2.28. The highest BCUT2D eigenvalue weighted by molar-refractivity contribution is 5.76. The van der Waals surface area contributed by atoms with Gasteiger partial charge in [0.25, 0.3) is 0 Å². The number of amides is 2. The third-order valence-corrected chi connectivity index (χ3v) is 4.43. The van der Waals surface area contributed by atoms with E-state index in [1.165, 1.54) is 19.3 Å². The Morgan fingerprint density at radius 3 is 2.40 bits per heavy atom. The van der Waals surface area contributed by atoms with Gasteiger partial charge in [0.05, 0.1) is 5.92 Å². The Bertz CT molecular complexity index is 346. The monoisotopic (exact) mass is 284 g/mol. The summed E-state index contributed by atoms with van der Waals surface area (Å²) in [6, 6.07) is 0.241. The molecule has 0 bridgehead atoms. The minimum absolute atomic E-state index is 0.0423. The highest BCUT2D eigenvalue weighted by atomic mass is 16.4. The van der Waals surface area contributed by atoms with Crippen molar-refractivity contribution >= 4 is 12.0 Å². The normalized spacial score (nSPS) is 24.0. The van der Waals surface area contributed by atoms with Crippen LogP contribution in [-0.2, 0) is 4.79 Å². The van der Waals surface area contributed by atoms with Gasteiger partial charge in [0.1, 0.15) is 0 Å². The van der Waals surface area contributed by atoms with Crippen molar-refractivity contribution in [3.63, 3.8) is 0 Å². The van der Waals surface area contributed by atoms with E-state index in [9.17, 15) is 9.59 Å². The molecule has 1 aliphatic carbocycles. The topological polar surface area (TPSA) is 60.9 Å². The van der Waals surface area contributed by atoms with Crippen LogP contribution in [0.25, 0.3) is 0 Å². The maximum Gasteiger partial charge on any atom is 0.320 e. The highest BCUT2D eigenvalue weighted by Gasteiger charge is 2.30. The van der Waals surface area contributed by atoms with Crippen molar-refractivity contribution in [1.82, 2.24) is 9.80 Å². The zero-order valence-corrected chi connectivity index (χ0v) is 13.1. The SMILES string of the molecule is CCN(CC(C)C(=O)O)C(=O)N(C)C1CCCCC1C. The molecule has 1 saturated carbocycles. The van der Waals surface area contributed by atoms with Crippen molar-refractivity contribution in [2.24, 2.45) is 11.8 Å². The number of carbonyl (C=O) groups excluding carboxylic acids is 1. The molecule has 5 nitrogen and oxygen atoms in total. The van der Waals surface area contributed by atoms with Gasteiger partial charge < -0.3 is 14.9 Å². The van der Waals surface area contributed by atoms with Crippen LogP contribution in [0.2, 0.25) is 0 Å². The number of carboxylic acids is 1. The number of carbonyl (C=O) groups is 2. The molecule has 5 heteroatoms. The molecule has 0 spiro atoms. The Morgan fingerprint density at radius 1 is 1.30 bits per heavy atom. The van der Waals surface area contributed by atoms with Crippen LogP contribution in [0.5, 0.6) is 0 Å². The van der Waals surface area contributed by atoms with Gasteiger partial charge in [-0.05, 0) is 25.7 Å². The maximum atomic E-state index is 12.5. The number of rotatable bonds is 5. The molecule has 0 saturated heterocycles. The van der Waals surface area contributed by atoms with Crippen molar-refractivity contribution < 1.29 is 14.7 Å². The number of hydrogen-bond donors (Lipinski definition) is 1. The van der Waals surface area contributed by atoms with Crippen molar-refractivity contribution in [2.75, 3.05) is 20.1 Å². The Morgan fingerprint density at radius 2 is 1.90 bits per heavy atom. The second-order valence-electron chi connectivity index (χ2n) is 6.00. The van der Waals surface area contributed by atoms with E-state index in [0.29, 0.717) is 12.5 Å². The summed E-state index contributed by atoms with van der Waals surface area (Å²) in [6.45, 7) is 6.55. The van der Waals surface area contributed by atoms with E-state index in [1.807, 2.05) is 18.9 Å². The van der Waals surface area contributed by atoms with Gasteiger partial charge in [-0.2, -0.15) is 0 Å². The summed E-state index contributed by atoms with van der Waals surface area (Å²) in [5, 5.41) is 8.99. The van der Waals surface area contributed by atoms with Crippen molar-refractivity contribution in [2.45, 2.75) is 52.5 Å². The first-order valence-corrected chi connectivity index (χ1v) is 7.63. The fraction of sp³-hybridized carbons (Fsp3) is 0.867. The molecule has 1 aliphatic rings. The predicted octanol–water partition coefficient (Wildman–Crippen LogP) is 2.66. The molecule has 20 heavy (non-hydrogen) atoms. The second kappa shape index (κ2) is 7.50. The van der Waals surface area contributed by atoms with Gasteiger partial charge in [-0.1, -0.05) is 26.7 Å². The molecule has 116 valence electrons. The zero-order valence-electron chi connectivity index (χ0n) is 13.1. The molecule has 3 unspecified atom stereocenters. The third-order valence-electron chi connectivity index (χ3n) is 4.43. The Balaban J connectivity index is 2.67. The number of hydrogen-bond acceptors (Lipinski definition) is 2. The number of carboxylic acid groups (broad SMARTS) is 1. The van der Waals surface area contributed by atoms with E-state index in [1.54, 1.807) is 11.8 Å². The number of nitrogens with zero attached hydrogens (tertiary/aromatic N) is 2. The van der Waals surface area contributed by atoms with E-state index < -0.39 is 11.9 Å². The fourth-order valence-electron chi connectivity index (χ4n) is 2.99. The van der Waals surface area contributed by atoms with Crippen molar-refractivity contribution in [3.8, 4) is 0 Å². The van der Waals surface area contributed by atoms with Crippen LogP contribution in [0.4, 0.5) is 4.79 Å². The summed E-state index contributed by atoms with van der Waals surface area (Å²) in [4.78, 5) is 26.9. The second-order valence-corrected chi connectivity index (χ2v) is 6.00. The van der Waals surface area contributed by atoms with Crippen LogP contribution in [0, 0.1) is 11.8 Å². The summed E-state index contributed by atoms with van der Waals surface area (Å²) in [5.74, 6) is -0.866. The van der Waals surface area contributed by atoms with Crippen LogP contribution in [0.3, 0.4) is 0 Å². The fourth-order valence-corrected chi connectivity index (χ4v) is 2.99. The number of aliphatic carboxylic acids is 1. The van der Waals surface area contributed by atoms with Gasteiger partial charge in [0, 0.05) is 26.2 Å². The first kappa shape index (κ1) is 16.8. The molecule has 0 radical (unpaired) electrons. The van der Waals surface area contributed by atoms with Crippen molar-refractivity contribution in [3.05, 3.63) is 0 Å². The summed E-state index contributed by atoms with van der Waals surface area (Å²) < 4.78 is 0. The van der Waals surface area contributed by atoms with Gasteiger partial charge in [-0.25, -0.2) is 4.79 Å². The summed E-state index contributed by atoms with van der Waals surface area (Å²) in [7, 11) is 1.85. The first-order valence-electron chi connectivity index (χ1n) is 7.63. The molecule has 3 atom stereocenters. The van der Waals surface area contributed by atoms with Gasteiger partial charge >= 0.3 is 12.0 Å². The molecule has 0 aromatic rings. The lowest BCUT2D eigenvalue weighted by atomic mass is 9.85. The van der Waals surface area contributed by atoms with E-state index in [2.05, 4.69) is 6.92 Å². The predicted molar refractivity (Wildman–Crippen MR) is 78.6 cm³/mol. The molecular weight excluding hydrogens is 256 g/mol. The smallest absolute Gasteiger partial charge is 0.320 e. The lowest BCUT2D eigenvalue weighted by molar-refractivity contribution is -0.141. The largest absolute Gasteiger partial charge is 0.481 e. The van der Waals surface area contributed by atoms with Crippen LogP contribution >= 0.6 is 0 Å². The molecule has 2 amide bonds. The molecule has 1 fully saturated rings. The molecule has 0 aromatic carbocycles. The van der Waals surface area contributed by atoms with E-state index >= 15 is 0 Å². The summed E-state index contributed by atoms with van der Waals surface area (Å²) in [5.41, 5.74) is 0. The molecule has 1 N–H and O–H groups in total. The van der Waals surface area contributed by atoms with Gasteiger partial charge in [0.15, 0.2) is 0 Å². The number of urea groups is 1. The Labute approximate surface area is 121 Å². The first-order chi connectivity index (χ1) is 9.38. The van der Waals surface area contributed by atoms with Gasteiger partial charge in [-0.15, -0.1) is 0 Å².